The van der Waals surface area contributed by atoms with Gasteiger partial charge in [-0.2, -0.15) is 0 Å². The van der Waals surface area contributed by atoms with Crippen LogP contribution in [0.2, 0.25) is 0 Å². The highest BCUT2D eigenvalue weighted by atomic mass is 16.5. The topological polar surface area (TPSA) is 70.8 Å². The van der Waals surface area contributed by atoms with E-state index >= 15 is 0 Å². The molecule has 7 heteroatoms. The van der Waals surface area contributed by atoms with Crippen LogP contribution in [0.3, 0.4) is 0 Å². The number of hydrogen-bond donors (Lipinski definition) is 1. The van der Waals surface area contributed by atoms with Crippen LogP contribution in [0, 0.1) is 13.8 Å². The predicted molar refractivity (Wildman–Crippen MR) is 125 cm³/mol. The highest BCUT2D eigenvalue weighted by Crippen LogP contribution is 2.34. The van der Waals surface area contributed by atoms with Gasteiger partial charge in [0.25, 0.3) is 0 Å². The number of oxazole rings is 1. The molecular formula is C25H30N4O3. The number of amides is 2. The fourth-order valence-corrected chi connectivity index (χ4v) is 3.94. The van der Waals surface area contributed by atoms with Crippen molar-refractivity contribution in [3.05, 3.63) is 65.7 Å². The summed E-state index contributed by atoms with van der Waals surface area (Å²) in [4.78, 5) is 21.1. The molecule has 2 aromatic carbocycles. The van der Waals surface area contributed by atoms with Gasteiger partial charge in [0.05, 0.1) is 18.9 Å². The summed E-state index contributed by atoms with van der Waals surface area (Å²) in [5, 5.41) is 3.05. The molecule has 0 radical (unpaired) electrons. The maximum atomic E-state index is 12.7. The average Bonchev–Trinajstić information content (AvgIpc) is 3.09. The van der Waals surface area contributed by atoms with Crippen LogP contribution in [0.5, 0.6) is 5.75 Å². The molecule has 0 unspecified atom stereocenters. The van der Waals surface area contributed by atoms with Gasteiger partial charge in [-0.25, -0.2) is 9.78 Å². The zero-order valence-corrected chi connectivity index (χ0v) is 18.9. The molecule has 168 valence electrons. The monoisotopic (exact) mass is 434 g/mol. The van der Waals surface area contributed by atoms with E-state index in [1.165, 1.54) is 5.56 Å². The molecule has 1 N–H and O–H groups in total. The standard InChI is InChI=1S/C25H30N4O3/c1-18-5-7-20(8-6-18)16-27-25(30)29-12-4-11-28(13-14-29)21-9-10-22(23(15-21)31-3)24-17-26-19(2)32-24/h5-10,15,17H,4,11-14,16H2,1-3H3,(H,27,30). The molecule has 7 nitrogen and oxygen atoms in total. The van der Waals surface area contributed by atoms with Crippen molar-refractivity contribution in [2.24, 2.45) is 0 Å². The summed E-state index contributed by atoms with van der Waals surface area (Å²) in [6.45, 7) is 7.48. The van der Waals surface area contributed by atoms with E-state index in [1.807, 2.05) is 24.0 Å². The van der Waals surface area contributed by atoms with Crippen LogP contribution in [-0.4, -0.2) is 49.2 Å². The number of benzene rings is 2. The van der Waals surface area contributed by atoms with E-state index in [2.05, 4.69) is 52.5 Å². The van der Waals surface area contributed by atoms with Crippen molar-refractivity contribution < 1.29 is 13.9 Å². The summed E-state index contributed by atoms with van der Waals surface area (Å²) < 4.78 is 11.3. The minimum Gasteiger partial charge on any atom is -0.496 e. The third-order valence-corrected chi connectivity index (χ3v) is 5.78. The first-order valence-corrected chi connectivity index (χ1v) is 11.0. The van der Waals surface area contributed by atoms with Crippen LogP contribution in [-0.2, 0) is 6.54 Å². The van der Waals surface area contributed by atoms with Crippen molar-refractivity contribution in [2.45, 2.75) is 26.8 Å². The van der Waals surface area contributed by atoms with Crippen molar-refractivity contribution in [1.82, 2.24) is 15.2 Å². The SMILES string of the molecule is COc1cc(N2CCCN(C(=O)NCc3ccc(C)cc3)CC2)ccc1-c1cnc(C)o1. The normalized spacial score (nSPS) is 14.2. The molecular weight excluding hydrogens is 404 g/mol. The number of methoxy groups -OCH3 is 1. The Morgan fingerprint density at radius 3 is 2.62 bits per heavy atom. The summed E-state index contributed by atoms with van der Waals surface area (Å²) in [6.07, 6.45) is 2.62. The third kappa shape index (κ3) is 5.04. The van der Waals surface area contributed by atoms with Crippen molar-refractivity contribution in [1.29, 1.82) is 0 Å². The molecule has 1 aliphatic rings. The second kappa shape index (κ2) is 9.77. The Morgan fingerprint density at radius 1 is 1.09 bits per heavy atom. The first-order valence-electron chi connectivity index (χ1n) is 11.0. The first-order chi connectivity index (χ1) is 15.5. The smallest absolute Gasteiger partial charge is 0.317 e. The quantitative estimate of drug-likeness (QED) is 0.645. The lowest BCUT2D eigenvalue weighted by molar-refractivity contribution is 0.201. The highest BCUT2D eigenvalue weighted by molar-refractivity contribution is 5.74. The number of carbonyl (C=O) groups excluding carboxylic acids is 1. The number of ether oxygens (including phenoxy) is 1. The average molecular weight is 435 g/mol. The first kappa shape index (κ1) is 21.7. The summed E-state index contributed by atoms with van der Waals surface area (Å²) >= 11 is 0. The van der Waals surface area contributed by atoms with E-state index in [1.54, 1.807) is 13.3 Å². The fourth-order valence-electron chi connectivity index (χ4n) is 3.94. The van der Waals surface area contributed by atoms with Gasteiger partial charge in [-0.1, -0.05) is 29.8 Å². The fraction of sp³-hybridized carbons (Fsp3) is 0.360. The largest absolute Gasteiger partial charge is 0.496 e. The predicted octanol–water partition coefficient (Wildman–Crippen LogP) is 4.39. The molecule has 1 aliphatic heterocycles. The van der Waals surface area contributed by atoms with Gasteiger partial charge in [0, 0.05) is 51.4 Å². The van der Waals surface area contributed by atoms with Crippen LogP contribution in [0.4, 0.5) is 10.5 Å². The van der Waals surface area contributed by atoms with Crippen molar-refractivity contribution in [3.63, 3.8) is 0 Å². The van der Waals surface area contributed by atoms with E-state index in [0.29, 0.717) is 24.7 Å². The molecule has 4 rings (SSSR count). The molecule has 0 bridgehead atoms. The summed E-state index contributed by atoms with van der Waals surface area (Å²) in [6, 6.07) is 14.3. The number of carbonyl (C=O) groups is 1. The van der Waals surface area contributed by atoms with Gasteiger partial charge < -0.3 is 24.3 Å². The molecule has 0 saturated carbocycles. The zero-order valence-electron chi connectivity index (χ0n) is 18.9. The zero-order chi connectivity index (χ0) is 22.5. The van der Waals surface area contributed by atoms with Crippen LogP contribution in [0.15, 0.2) is 53.1 Å². The molecule has 0 atom stereocenters. The Kier molecular flexibility index (Phi) is 6.63. The Morgan fingerprint density at radius 2 is 1.91 bits per heavy atom. The van der Waals surface area contributed by atoms with Gasteiger partial charge >= 0.3 is 6.03 Å². The number of anilines is 1. The summed E-state index contributed by atoms with van der Waals surface area (Å²) in [5.41, 5.74) is 4.27. The Hall–Kier alpha value is -3.48. The number of aromatic nitrogens is 1. The molecule has 0 spiro atoms. The van der Waals surface area contributed by atoms with Crippen LogP contribution >= 0.6 is 0 Å². The van der Waals surface area contributed by atoms with E-state index in [-0.39, 0.29) is 6.03 Å². The van der Waals surface area contributed by atoms with Gasteiger partial charge in [0.15, 0.2) is 11.7 Å². The van der Waals surface area contributed by atoms with Crippen molar-refractivity contribution >= 4 is 11.7 Å². The highest BCUT2D eigenvalue weighted by Gasteiger charge is 2.20. The Labute approximate surface area is 189 Å². The Bertz CT molecular complexity index is 1060. The van der Waals surface area contributed by atoms with Crippen LogP contribution in [0.1, 0.15) is 23.4 Å². The van der Waals surface area contributed by atoms with E-state index in [9.17, 15) is 4.79 Å². The molecule has 2 amide bonds. The molecule has 0 aliphatic carbocycles. The minimum atomic E-state index is -0.0129. The molecule has 32 heavy (non-hydrogen) atoms. The molecule has 1 aromatic heterocycles. The molecule has 1 saturated heterocycles. The number of aryl methyl sites for hydroxylation is 2. The van der Waals surface area contributed by atoms with Crippen LogP contribution < -0.4 is 15.0 Å². The minimum absolute atomic E-state index is 0.0129. The number of urea groups is 1. The van der Waals surface area contributed by atoms with Gasteiger partial charge in [-0.3, -0.25) is 0 Å². The summed E-state index contributed by atoms with van der Waals surface area (Å²) in [5.74, 6) is 2.06. The lowest BCUT2D eigenvalue weighted by atomic mass is 10.1. The van der Waals surface area contributed by atoms with Crippen molar-refractivity contribution in [2.75, 3.05) is 38.2 Å². The second-order valence-corrected chi connectivity index (χ2v) is 8.10. The maximum Gasteiger partial charge on any atom is 0.317 e. The van der Waals surface area contributed by atoms with Gasteiger partial charge in [0.1, 0.15) is 5.75 Å². The van der Waals surface area contributed by atoms with Crippen LogP contribution in [0.25, 0.3) is 11.3 Å². The molecule has 2 heterocycles. The Balaban J connectivity index is 1.38. The van der Waals surface area contributed by atoms with Crippen molar-refractivity contribution in [3.8, 4) is 17.1 Å². The number of nitrogens with zero attached hydrogens (tertiary/aromatic N) is 3. The number of hydrogen-bond acceptors (Lipinski definition) is 5. The van der Waals surface area contributed by atoms with E-state index in [0.717, 1.165) is 48.6 Å². The summed E-state index contributed by atoms with van der Waals surface area (Å²) in [7, 11) is 1.66. The molecule has 1 fully saturated rings. The lowest BCUT2D eigenvalue weighted by Gasteiger charge is -2.24. The third-order valence-electron chi connectivity index (χ3n) is 5.78. The van der Waals surface area contributed by atoms with E-state index in [4.69, 9.17) is 9.15 Å². The van der Waals surface area contributed by atoms with E-state index < -0.39 is 0 Å². The number of rotatable bonds is 5. The maximum absolute atomic E-state index is 12.7. The van der Waals surface area contributed by atoms with Gasteiger partial charge in [-0.15, -0.1) is 0 Å². The second-order valence-electron chi connectivity index (χ2n) is 8.10. The molecule has 3 aromatic rings. The van der Waals surface area contributed by atoms with Gasteiger partial charge in [-0.05, 0) is 31.0 Å². The number of nitrogens with one attached hydrogen (secondary N) is 1. The lowest BCUT2D eigenvalue weighted by Crippen LogP contribution is -2.41. The van der Waals surface area contributed by atoms with Gasteiger partial charge in [0.2, 0.25) is 0 Å².